The number of carboxylic acids is 1. The van der Waals surface area contributed by atoms with Gasteiger partial charge in [0.05, 0.1) is 13.7 Å². The van der Waals surface area contributed by atoms with Crippen molar-refractivity contribution < 1.29 is 29.0 Å². The zero-order valence-electron chi connectivity index (χ0n) is 15.7. The van der Waals surface area contributed by atoms with Crippen LogP contribution in [0.5, 0.6) is 0 Å². The van der Waals surface area contributed by atoms with Gasteiger partial charge in [0.15, 0.2) is 0 Å². The van der Waals surface area contributed by atoms with Gasteiger partial charge in [-0.1, -0.05) is 45.4 Å². The van der Waals surface area contributed by atoms with Crippen molar-refractivity contribution in [2.24, 2.45) is 0 Å². The lowest BCUT2D eigenvalue weighted by molar-refractivity contribution is -0.139. The first-order chi connectivity index (χ1) is 11.7. The molecule has 0 aromatic rings. The molecule has 0 aliphatic carbocycles. The summed E-state index contributed by atoms with van der Waals surface area (Å²) < 4.78 is 9.30. The molecule has 0 unspecified atom stereocenters. The molecule has 0 saturated heterocycles. The maximum absolute atomic E-state index is 11.5. The standard InChI is InChI=1S/C14H22O4.C5H8O2/c1-4-5-6-7-10-18-14(17)12(3)9-8-11(2)13(15)16;1-4(2)5(6)7-3/h8H,3-7,9-10H2,1-2H3,(H,15,16);1H2,2-3H3. The van der Waals surface area contributed by atoms with E-state index in [9.17, 15) is 14.4 Å². The molecule has 0 heterocycles. The molecule has 0 rings (SSSR count). The molecule has 0 fully saturated rings. The van der Waals surface area contributed by atoms with Crippen LogP contribution in [0, 0.1) is 0 Å². The average molecular weight is 354 g/mol. The third kappa shape index (κ3) is 14.9. The molecular weight excluding hydrogens is 324 g/mol. The summed E-state index contributed by atoms with van der Waals surface area (Å²) in [5.74, 6) is -1.78. The molecular formula is C19H30O6. The summed E-state index contributed by atoms with van der Waals surface area (Å²) in [6.45, 7) is 12.5. The van der Waals surface area contributed by atoms with E-state index in [1.54, 1.807) is 6.92 Å². The van der Waals surface area contributed by atoms with Gasteiger partial charge >= 0.3 is 17.9 Å². The molecule has 0 aromatic heterocycles. The minimum atomic E-state index is -0.990. The fourth-order valence-electron chi connectivity index (χ4n) is 1.42. The van der Waals surface area contributed by atoms with Crippen LogP contribution in [0.1, 0.15) is 52.9 Å². The Hall–Kier alpha value is -2.37. The number of allylic oxidation sites excluding steroid dienone is 1. The van der Waals surface area contributed by atoms with E-state index in [0.29, 0.717) is 12.2 Å². The summed E-state index contributed by atoms with van der Waals surface area (Å²) in [6, 6.07) is 0. The van der Waals surface area contributed by atoms with Gasteiger partial charge in [0.1, 0.15) is 0 Å². The fraction of sp³-hybridized carbons (Fsp3) is 0.526. The Bertz CT molecular complexity index is 502. The number of esters is 2. The highest BCUT2D eigenvalue weighted by molar-refractivity contribution is 5.89. The predicted molar refractivity (Wildman–Crippen MR) is 97.1 cm³/mol. The van der Waals surface area contributed by atoms with Crippen molar-refractivity contribution in [1.82, 2.24) is 0 Å². The van der Waals surface area contributed by atoms with E-state index in [2.05, 4.69) is 24.8 Å². The number of hydrogen-bond donors (Lipinski definition) is 1. The normalized spacial score (nSPS) is 10.2. The Labute approximate surface area is 150 Å². The predicted octanol–water partition coefficient (Wildman–Crippen LogP) is 3.82. The second-order valence-electron chi connectivity index (χ2n) is 5.47. The highest BCUT2D eigenvalue weighted by atomic mass is 16.5. The molecule has 25 heavy (non-hydrogen) atoms. The molecule has 6 heteroatoms. The van der Waals surface area contributed by atoms with Crippen molar-refractivity contribution in [3.8, 4) is 0 Å². The van der Waals surface area contributed by atoms with Gasteiger partial charge in [-0.2, -0.15) is 0 Å². The lowest BCUT2D eigenvalue weighted by Gasteiger charge is -2.05. The number of methoxy groups -OCH3 is 1. The SMILES string of the molecule is C=C(C)C(=O)OC.C=C(CC=C(C)C(=O)O)C(=O)OCCCCCC. The molecule has 0 aliphatic rings. The third-order valence-corrected chi connectivity index (χ3v) is 3.05. The quantitative estimate of drug-likeness (QED) is 0.364. The van der Waals surface area contributed by atoms with Crippen molar-refractivity contribution in [3.05, 3.63) is 36.0 Å². The van der Waals surface area contributed by atoms with Crippen LogP contribution in [0.2, 0.25) is 0 Å². The third-order valence-electron chi connectivity index (χ3n) is 3.05. The Morgan fingerprint density at radius 3 is 2.04 bits per heavy atom. The molecule has 142 valence electrons. The minimum absolute atomic E-state index is 0.201. The number of aliphatic carboxylic acids is 1. The average Bonchev–Trinajstić information content (AvgIpc) is 2.58. The molecule has 0 bridgehead atoms. The summed E-state index contributed by atoms with van der Waals surface area (Å²) in [5, 5.41) is 8.64. The smallest absolute Gasteiger partial charge is 0.333 e. The second-order valence-corrected chi connectivity index (χ2v) is 5.47. The number of carbonyl (C=O) groups excluding carboxylic acids is 2. The highest BCUT2D eigenvalue weighted by Crippen LogP contribution is 2.07. The monoisotopic (exact) mass is 354 g/mol. The molecule has 0 amide bonds. The molecule has 0 aromatic carbocycles. The Balaban J connectivity index is 0. The van der Waals surface area contributed by atoms with Gasteiger partial charge < -0.3 is 14.6 Å². The highest BCUT2D eigenvalue weighted by Gasteiger charge is 2.08. The van der Waals surface area contributed by atoms with Crippen LogP contribution in [0.3, 0.4) is 0 Å². The first-order valence-electron chi connectivity index (χ1n) is 8.16. The lowest BCUT2D eigenvalue weighted by Crippen LogP contribution is -2.08. The number of unbranched alkanes of at least 4 members (excludes halogenated alkanes) is 3. The second kappa shape index (κ2) is 15.2. The molecule has 0 atom stereocenters. The topological polar surface area (TPSA) is 89.9 Å². The van der Waals surface area contributed by atoms with E-state index in [4.69, 9.17) is 9.84 Å². The first-order valence-corrected chi connectivity index (χ1v) is 8.16. The first kappa shape index (κ1) is 24.9. The molecule has 0 aliphatic heterocycles. The number of carboxylic acid groups (broad SMARTS) is 1. The Morgan fingerprint density at radius 1 is 1.04 bits per heavy atom. The zero-order chi connectivity index (χ0) is 19.8. The van der Waals surface area contributed by atoms with E-state index >= 15 is 0 Å². The van der Waals surface area contributed by atoms with E-state index in [1.807, 2.05) is 0 Å². The summed E-state index contributed by atoms with van der Waals surface area (Å²) in [4.78, 5) is 32.2. The number of ether oxygens (including phenoxy) is 2. The van der Waals surface area contributed by atoms with Crippen molar-refractivity contribution in [1.29, 1.82) is 0 Å². The van der Waals surface area contributed by atoms with Crippen molar-refractivity contribution in [3.63, 3.8) is 0 Å². The summed E-state index contributed by atoms with van der Waals surface area (Å²) in [7, 11) is 1.33. The van der Waals surface area contributed by atoms with Gasteiger partial charge in [-0.3, -0.25) is 0 Å². The van der Waals surface area contributed by atoms with Crippen molar-refractivity contribution >= 4 is 17.9 Å². The summed E-state index contributed by atoms with van der Waals surface area (Å²) >= 11 is 0. The number of rotatable bonds is 10. The Morgan fingerprint density at radius 2 is 1.64 bits per heavy atom. The minimum Gasteiger partial charge on any atom is -0.478 e. The molecule has 6 nitrogen and oxygen atoms in total. The van der Waals surface area contributed by atoms with Gasteiger partial charge in [-0.15, -0.1) is 0 Å². The summed E-state index contributed by atoms with van der Waals surface area (Å²) in [6.07, 6.45) is 5.86. The molecule has 0 saturated carbocycles. The van der Waals surface area contributed by atoms with Crippen LogP contribution < -0.4 is 0 Å². The van der Waals surface area contributed by atoms with Crippen LogP contribution in [0.15, 0.2) is 36.0 Å². The van der Waals surface area contributed by atoms with Crippen LogP contribution in [0.25, 0.3) is 0 Å². The number of carbonyl (C=O) groups is 3. The fourth-order valence-corrected chi connectivity index (χ4v) is 1.42. The van der Waals surface area contributed by atoms with E-state index in [0.717, 1.165) is 25.7 Å². The summed E-state index contributed by atoms with van der Waals surface area (Å²) in [5.41, 5.74) is 0.917. The Kier molecular flexibility index (Phi) is 15.1. The lowest BCUT2D eigenvalue weighted by atomic mass is 10.1. The van der Waals surface area contributed by atoms with Gasteiger partial charge in [-0.05, 0) is 26.7 Å². The largest absolute Gasteiger partial charge is 0.478 e. The van der Waals surface area contributed by atoms with Crippen molar-refractivity contribution in [2.45, 2.75) is 52.9 Å². The van der Waals surface area contributed by atoms with Crippen LogP contribution in [-0.4, -0.2) is 36.7 Å². The molecule has 0 spiro atoms. The zero-order valence-corrected chi connectivity index (χ0v) is 15.7. The van der Waals surface area contributed by atoms with E-state index in [1.165, 1.54) is 20.1 Å². The van der Waals surface area contributed by atoms with Gasteiger partial charge in [0.2, 0.25) is 0 Å². The van der Waals surface area contributed by atoms with E-state index < -0.39 is 11.9 Å². The van der Waals surface area contributed by atoms with Crippen LogP contribution >= 0.6 is 0 Å². The molecule has 1 N–H and O–H groups in total. The van der Waals surface area contributed by atoms with Gasteiger partial charge in [0, 0.05) is 16.7 Å². The van der Waals surface area contributed by atoms with Crippen LogP contribution in [-0.2, 0) is 23.9 Å². The maximum atomic E-state index is 11.5. The number of hydrogen-bond acceptors (Lipinski definition) is 5. The van der Waals surface area contributed by atoms with Crippen molar-refractivity contribution in [2.75, 3.05) is 13.7 Å². The van der Waals surface area contributed by atoms with Gasteiger partial charge in [-0.25, -0.2) is 14.4 Å². The van der Waals surface area contributed by atoms with Gasteiger partial charge in [0.25, 0.3) is 0 Å². The molecule has 0 radical (unpaired) electrons. The van der Waals surface area contributed by atoms with Crippen LogP contribution in [0.4, 0.5) is 0 Å². The maximum Gasteiger partial charge on any atom is 0.333 e. The van der Waals surface area contributed by atoms with E-state index in [-0.39, 0.29) is 23.5 Å².